The molecule has 2 saturated carbocycles. The molecule has 0 radical (unpaired) electrons. The second kappa shape index (κ2) is 17.0. The molecule has 2 atom stereocenters. The molecule has 2 fully saturated rings. The maximum absolute atomic E-state index is 3.91. The normalized spacial score (nSPS) is 20.8. The Morgan fingerprint density at radius 3 is 1.25 bits per heavy atom. The molecular formula is C52H68Cl2SiZr. The fourth-order valence-electron chi connectivity index (χ4n) is 12.8. The van der Waals surface area contributed by atoms with E-state index < -0.39 is 17.4 Å². The number of rotatable bonds is 12. The summed E-state index contributed by atoms with van der Waals surface area (Å²) < 4.78 is 6.93. The second-order valence-electron chi connectivity index (χ2n) is 19.9. The number of allylic oxidation sites excluding steroid dienone is 2. The topological polar surface area (TPSA) is 0 Å². The number of aryl methyl sites for hydroxylation is 2. The summed E-state index contributed by atoms with van der Waals surface area (Å²) in [5.74, 6) is 0. The van der Waals surface area contributed by atoms with Crippen LogP contribution in [0, 0.1) is 24.7 Å². The molecule has 2 unspecified atom stereocenters. The zero-order valence-corrected chi connectivity index (χ0v) is 40.8. The van der Waals surface area contributed by atoms with Crippen LogP contribution in [0.25, 0.3) is 34.4 Å². The van der Waals surface area contributed by atoms with Gasteiger partial charge in [-0.25, -0.2) is 0 Å². The molecule has 0 aliphatic heterocycles. The zero-order chi connectivity index (χ0) is 37.7. The van der Waals surface area contributed by atoms with Gasteiger partial charge in [-0.05, 0) is 0 Å². The molecule has 4 aliphatic carbocycles. The van der Waals surface area contributed by atoms with Crippen LogP contribution in [-0.2, 0) is 17.4 Å². The third-order valence-corrected chi connectivity index (χ3v) is 32.5. The van der Waals surface area contributed by atoms with Crippen LogP contribution in [0.4, 0.5) is 0 Å². The van der Waals surface area contributed by atoms with Crippen LogP contribution in [0.5, 0.6) is 0 Å². The van der Waals surface area contributed by atoms with Gasteiger partial charge in [0.1, 0.15) is 0 Å². The maximum atomic E-state index is 2.92. The summed E-state index contributed by atoms with van der Waals surface area (Å²) in [5.41, 5.74) is 19.2. The van der Waals surface area contributed by atoms with Crippen molar-refractivity contribution in [3.63, 3.8) is 0 Å². The van der Waals surface area contributed by atoms with Crippen molar-refractivity contribution in [2.24, 2.45) is 10.8 Å². The molecule has 0 bridgehead atoms. The second-order valence-corrected chi connectivity index (χ2v) is 50.3. The van der Waals surface area contributed by atoms with E-state index >= 15 is 0 Å². The summed E-state index contributed by atoms with van der Waals surface area (Å²) in [4.78, 5) is 0. The number of fused-ring (bicyclic) bond motifs is 2. The van der Waals surface area contributed by atoms with E-state index in [4.69, 9.17) is 0 Å². The first-order valence-corrected chi connectivity index (χ1v) is 35.5. The average Bonchev–Trinajstić information content (AvgIpc) is 3.95. The van der Waals surface area contributed by atoms with Gasteiger partial charge in [0, 0.05) is 0 Å². The molecule has 4 aromatic rings. The van der Waals surface area contributed by atoms with Gasteiger partial charge in [-0.2, -0.15) is 0 Å². The molecule has 4 aliphatic rings. The van der Waals surface area contributed by atoms with Gasteiger partial charge in [0.15, 0.2) is 0 Å². The van der Waals surface area contributed by atoms with Crippen molar-refractivity contribution in [1.29, 1.82) is 0 Å². The zero-order valence-electron chi connectivity index (χ0n) is 35.3. The molecule has 0 aromatic heterocycles. The first kappa shape index (κ1) is 43.6. The van der Waals surface area contributed by atoms with Gasteiger partial charge in [0.05, 0.1) is 0 Å². The third-order valence-electron chi connectivity index (χ3n) is 15.0. The maximum Gasteiger partial charge on any atom is -0.147 e. The van der Waals surface area contributed by atoms with E-state index in [1.54, 1.807) is 22.3 Å². The first-order valence-electron chi connectivity index (χ1n) is 21.8. The molecule has 4 aromatic carbocycles. The standard InChI is InChI=1S/2C25H29.2CH3.2ClH.H2Si.Zr/c2*1-3-13-25(14-4-5-15-25)18-20-16-22-7-6-8-23(24(22)17-20)21-11-9-19(2)10-12-21;;;;;;/h2*6-12,16-17H,3-5,13-15,18H2,1-2H3;2*1H3;2*1H;1H2;. The van der Waals surface area contributed by atoms with Crippen LogP contribution in [0.3, 0.4) is 0 Å². The van der Waals surface area contributed by atoms with E-state index in [-0.39, 0.29) is 24.8 Å². The minimum atomic E-state index is -3.91. The Bertz CT molecular complexity index is 2000. The van der Waals surface area contributed by atoms with Gasteiger partial charge in [0.25, 0.3) is 0 Å². The molecule has 0 nitrogen and oxygen atoms in total. The fraction of sp³-hybridized carbons (Fsp3) is 0.462. The van der Waals surface area contributed by atoms with Crippen molar-refractivity contribution in [3.8, 4) is 22.3 Å². The van der Waals surface area contributed by atoms with Crippen molar-refractivity contribution in [1.82, 2.24) is 0 Å². The Balaban J connectivity index is 0.00000266. The van der Waals surface area contributed by atoms with Crippen molar-refractivity contribution >= 4 is 43.8 Å². The van der Waals surface area contributed by atoms with E-state index in [1.165, 1.54) is 134 Å². The SMILES string of the molecule is CCCC1(CC2=Cc3c(-c4ccc(C)cc4)cccc3[CH]2[Zr]([CH3])([CH3])(=[SiH2])[CH]2C(CC3(CCC)CCCC3)=Cc3c(-c4ccc(C)cc4)cccc32)CCCC1.Cl.Cl. The minimum Gasteiger partial charge on any atom is -0.147 e. The largest absolute Gasteiger partial charge is 0.147 e. The first-order chi connectivity index (χ1) is 25.9. The van der Waals surface area contributed by atoms with Crippen LogP contribution in [0.1, 0.15) is 144 Å². The van der Waals surface area contributed by atoms with E-state index in [2.05, 4.69) is 141 Å². The Morgan fingerprint density at radius 1 is 0.554 bits per heavy atom. The summed E-state index contributed by atoms with van der Waals surface area (Å²) in [6.45, 7) is 11.9. The third kappa shape index (κ3) is 8.02. The monoisotopic (exact) mass is 880 g/mol. The Labute approximate surface area is 355 Å². The fourth-order valence-corrected chi connectivity index (χ4v) is 32.5. The van der Waals surface area contributed by atoms with Crippen LogP contribution in [0.15, 0.2) is 96.1 Å². The van der Waals surface area contributed by atoms with Crippen LogP contribution in [0.2, 0.25) is 9.26 Å². The van der Waals surface area contributed by atoms with Gasteiger partial charge in [0.2, 0.25) is 0 Å². The van der Waals surface area contributed by atoms with Gasteiger partial charge in [-0.1, -0.05) is 0 Å². The number of halogens is 2. The summed E-state index contributed by atoms with van der Waals surface area (Å²) in [6.07, 6.45) is 24.7. The summed E-state index contributed by atoms with van der Waals surface area (Å²) >= 11 is -3.91. The van der Waals surface area contributed by atoms with Gasteiger partial charge >= 0.3 is 333 Å². The average molecular weight is 883 g/mol. The molecule has 8 rings (SSSR count). The Hall–Kier alpha value is -1.96. The smallest absolute Gasteiger partial charge is 0.147 e. The minimum absolute atomic E-state index is 0. The summed E-state index contributed by atoms with van der Waals surface area (Å²) in [7, 11) is 0. The predicted molar refractivity (Wildman–Crippen MR) is 250 cm³/mol. The van der Waals surface area contributed by atoms with Gasteiger partial charge in [-0.3, -0.25) is 0 Å². The molecular weight excluding hydrogens is 815 g/mol. The summed E-state index contributed by atoms with van der Waals surface area (Å²) in [5, 5.41) is 0. The predicted octanol–water partition coefficient (Wildman–Crippen LogP) is 15.9. The van der Waals surface area contributed by atoms with Crippen molar-refractivity contribution in [2.45, 2.75) is 134 Å². The van der Waals surface area contributed by atoms with E-state index in [0.717, 1.165) is 0 Å². The molecule has 56 heavy (non-hydrogen) atoms. The van der Waals surface area contributed by atoms with Crippen LogP contribution in [-0.4, -0.2) is 6.88 Å². The molecule has 4 heteroatoms. The van der Waals surface area contributed by atoms with Crippen LogP contribution >= 0.6 is 24.8 Å². The van der Waals surface area contributed by atoms with Crippen molar-refractivity contribution in [2.75, 3.05) is 0 Å². The molecule has 298 valence electrons. The quantitative estimate of drug-likeness (QED) is 0.124. The molecule has 0 saturated heterocycles. The van der Waals surface area contributed by atoms with Crippen LogP contribution < -0.4 is 0 Å². The number of benzene rings is 4. The molecule has 0 N–H and O–H groups in total. The Morgan fingerprint density at radius 2 is 0.911 bits per heavy atom. The Kier molecular flexibility index (Phi) is 13.2. The number of hydrogen-bond acceptors (Lipinski definition) is 0. The van der Waals surface area contributed by atoms with E-state index in [9.17, 15) is 0 Å². The van der Waals surface area contributed by atoms with Gasteiger partial charge in [-0.15, -0.1) is 24.8 Å². The van der Waals surface area contributed by atoms with Gasteiger partial charge < -0.3 is 0 Å². The molecule has 0 heterocycles. The molecule has 0 amide bonds. The molecule has 0 spiro atoms. The summed E-state index contributed by atoms with van der Waals surface area (Å²) in [6, 6.07) is 33.5. The van der Waals surface area contributed by atoms with Crippen molar-refractivity contribution < 1.29 is 17.4 Å². The van der Waals surface area contributed by atoms with E-state index in [0.29, 0.717) is 18.1 Å². The van der Waals surface area contributed by atoms with E-state index in [1.807, 2.05) is 0 Å². The number of hydrogen-bond donors (Lipinski definition) is 0. The van der Waals surface area contributed by atoms with Crippen molar-refractivity contribution in [3.05, 3.63) is 129 Å².